The third-order valence-corrected chi connectivity index (χ3v) is 4.61. The van der Waals surface area contributed by atoms with Crippen molar-refractivity contribution >= 4 is 0 Å². The van der Waals surface area contributed by atoms with E-state index in [2.05, 4.69) is 23.2 Å². The number of aryl methyl sites for hydroxylation is 1. The van der Waals surface area contributed by atoms with Crippen LogP contribution in [-0.2, 0) is 6.42 Å². The van der Waals surface area contributed by atoms with Crippen LogP contribution in [0.5, 0.6) is 5.75 Å². The molecule has 0 aliphatic heterocycles. The summed E-state index contributed by atoms with van der Waals surface area (Å²) in [4.78, 5) is 0. The van der Waals surface area contributed by atoms with Gasteiger partial charge >= 0.3 is 6.36 Å². The van der Waals surface area contributed by atoms with Crippen molar-refractivity contribution in [3.63, 3.8) is 0 Å². The molecular weight excluding hydrogens is 423 g/mol. The van der Waals surface area contributed by atoms with Crippen molar-refractivity contribution < 1.29 is 26.7 Å². The first-order chi connectivity index (χ1) is 15.2. The molecule has 0 aliphatic rings. The van der Waals surface area contributed by atoms with Crippen LogP contribution < -0.4 is 4.74 Å². The molecule has 164 valence electrons. The molecule has 0 saturated heterocycles. The lowest BCUT2D eigenvalue weighted by atomic mass is 10.0. The zero-order valence-corrected chi connectivity index (χ0v) is 17.0. The minimum absolute atomic E-state index is 0.0843. The van der Waals surface area contributed by atoms with Gasteiger partial charge in [0.25, 0.3) is 0 Å². The van der Waals surface area contributed by atoms with Crippen molar-refractivity contribution in [2.24, 2.45) is 0 Å². The van der Waals surface area contributed by atoms with Gasteiger partial charge in [0.05, 0.1) is 0 Å². The van der Waals surface area contributed by atoms with Crippen molar-refractivity contribution in [3.8, 4) is 28.7 Å². The Morgan fingerprint density at radius 1 is 0.812 bits per heavy atom. The molecule has 0 atom stereocenters. The molecule has 6 heteroatoms. The minimum atomic E-state index is -5.19. The fraction of sp³-hybridized carbons (Fsp3) is 0.154. The Balaban J connectivity index is 1.72. The molecule has 3 rings (SSSR count). The van der Waals surface area contributed by atoms with Gasteiger partial charge in [0, 0.05) is 11.1 Å². The molecule has 0 unspecified atom stereocenters. The Hall–Kier alpha value is -3.59. The summed E-state index contributed by atoms with van der Waals surface area (Å²) < 4.78 is 68.1. The van der Waals surface area contributed by atoms with Gasteiger partial charge in [-0.3, -0.25) is 0 Å². The second kappa shape index (κ2) is 10.1. The van der Waals surface area contributed by atoms with E-state index in [1.54, 1.807) is 24.3 Å². The van der Waals surface area contributed by atoms with Crippen LogP contribution in [0.15, 0.2) is 73.3 Å². The molecule has 0 N–H and O–H groups in total. The summed E-state index contributed by atoms with van der Waals surface area (Å²) in [6, 6.07) is 16.1. The molecule has 0 radical (unpaired) electrons. The Morgan fingerprint density at radius 2 is 1.34 bits per heavy atom. The van der Waals surface area contributed by atoms with Crippen LogP contribution in [0.4, 0.5) is 22.0 Å². The number of unbranched alkanes of at least 4 members (excludes halogenated alkanes) is 1. The first-order valence-electron chi connectivity index (χ1n) is 9.82. The van der Waals surface area contributed by atoms with Crippen molar-refractivity contribution in [2.75, 3.05) is 0 Å². The fourth-order valence-electron chi connectivity index (χ4n) is 3.04. The van der Waals surface area contributed by atoms with E-state index in [4.69, 9.17) is 0 Å². The highest BCUT2D eigenvalue weighted by atomic mass is 19.4. The molecule has 1 nitrogen and oxygen atoms in total. The third-order valence-electron chi connectivity index (χ3n) is 4.61. The highest BCUT2D eigenvalue weighted by molar-refractivity contribution is 5.65. The monoisotopic (exact) mass is 442 g/mol. The molecule has 3 aromatic rings. The summed E-state index contributed by atoms with van der Waals surface area (Å²) >= 11 is 0. The van der Waals surface area contributed by atoms with Crippen LogP contribution in [0.3, 0.4) is 0 Å². The van der Waals surface area contributed by atoms with Crippen molar-refractivity contribution in [2.45, 2.75) is 25.6 Å². The second-order valence-corrected chi connectivity index (χ2v) is 7.02. The van der Waals surface area contributed by atoms with Crippen LogP contribution in [0.25, 0.3) is 11.1 Å². The Morgan fingerprint density at radius 3 is 1.84 bits per heavy atom. The predicted octanol–water partition coefficient (Wildman–Crippen LogP) is 7.44. The first kappa shape index (κ1) is 23.1. The maximum absolute atomic E-state index is 13.9. The number of allylic oxidation sites excluding steroid dienone is 1. The molecular formula is C26H19F5O. The smallest absolute Gasteiger partial charge is 0.399 e. The molecule has 0 aromatic heterocycles. The summed E-state index contributed by atoms with van der Waals surface area (Å²) in [6.45, 7) is 3.71. The first-order valence-corrected chi connectivity index (χ1v) is 9.82. The van der Waals surface area contributed by atoms with Gasteiger partial charge in [0.2, 0.25) is 5.75 Å². The molecule has 0 fully saturated rings. The molecule has 3 aromatic carbocycles. The van der Waals surface area contributed by atoms with Crippen LogP contribution in [-0.4, -0.2) is 6.36 Å². The van der Waals surface area contributed by atoms with Gasteiger partial charge in [0.15, 0.2) is 11.6 Å². The van der Waals surface area contributed by atoms with E-state index in [-0.39, 0.29) is 5.56 Å². The highest BCUT2D eigenvalue weighted by Gasteiger charge is 2.34. The minimum Gasteiger partial charge on any atom is -0.399 e. The van der Waals surface area contributed by atoms with Gasteiger partial charge < -0.3 is 4.74 Å². The van der Waals surface area contributed by atoms with Crippen molar-refractivity contribution in [3.05, 3.63) is 102 Å². The molecule has 0 spiro atoms. The Labute approximate surface area is 183 Å². The van der Waals surface area contributed by atoms with E-state index in [1.807, 2.05) is 30.3 Å². The number of hydrogen-bond donors (Lipinski definition) is 0. The van der Waals surface area contributed by atoms with E-state index in [0.717, 1.165) is 37.0 Å². The van der Waals surface area contributed by atoms with Gasteiger partial charge in [-0.1, -0.05) is 42.2 Å². The Kier molecular flexibility index (Phi) is 7.32. The molecule has 0 saturated carbocycles. The number of benzene rings is 3. The SMILES string of the molecule is C=CCCCc1ccc(C#Cc2ccc(-c3cc(F)c(OC(F)(F)F)c(F)c3)cc2)cc1. The third kappa shape index (κ3) is 6.45. The van der Waals surface area contributed by atoms with Crippen LogP contribution in [0, 0.1) is 23.5 Å². The van der Waals surface area contributed by atoms with Crippen LogP contribution >= 0.6 is 0 Å². The summed E-state index contributed by atoms with van der Waals surface area (Å²) in [7, 11) is 0. The van der Waals surface area contributed by atoms with Gasteiger partial charge in [-0.15, -0.1) is 19.8 Å². The standard InChI is InChI=1S/C26H19F5O/c1-2-3-4-5-18-6-8-19(9-7-18)10-11-20-12-14-21(15-13-20)22-16-23(27)25(24(28)17-22)32-26(29,30)31/h2,6-9,12-17H,1,3-5H2. The zero-order chi connectivity index (χ0) is 23.1. The van der Waals surface area contributed by atoms with Crippen molar-refractivity contribution in [1.82, 2.24) is 0 Å². The second-order valence-electron chi connectivity index (χ2n) is 7.02. The van der Waals surface area contributed by atoms with E-state index in [0.29, 0.717) is 11.1 Å². The molecule has 0 bridgehead atoms. The average molecular weight is 442 g/mol. The fourth-order valence-corrected chi connectivity index (χ4v) is 3.04. The summed E-state index contributed by atoms with van der Waals surface area (Å²) in [5.74, 6) is 1.72. The molecule has 0 heterocycles. The van der Waals surface area contributed by atoms with E-state index in [9.17, 15) is 22.0 Å². The molecule has 0 amide bonds. The van der Waals surface area contributed by atoms with Gasteiger partial charge in [-0.2, -0.15) is 0 Å². The molecule has 32 heavy (non-hydrogen) atoms. The number of rotatable bonds is 6. The van der Waals surface area contributed by atoms with Gasteiger partial charge in [-0.05, 0) is 72.4 Å². The topological polar surface area (TPSA) is 9.23 Å². The summed E-state index contributed by atoms with van der Waals surface area (Å²) in [5, 5.41) is 0. The number of halogens is 5. The Bertz CT molecular complexity index is 1110. The number of alkyl halides is 3. The maximum atomic E-state index is 13.9. The highest BCUT2D eigenvalue weighted by Crippen LogP contribution is 2.32. The van der Waals surface area contributed by atoms with Gasteiger partial charge in [-0.25, -0.2) is 8.78 Å². The average Bonchev–Trinajstić information content (AvgIpc) is 2.75. The van der Waals surface area contributed by atoms with Crippen LogP contribution in [0.1, 0.15) is 29.5 Å². The van der Waals surface area contributed by atoms with E-state index < -0.39 is 23.7 Å². The molecule has 0 aliphatic carbocycles. The van der Waals surface area contributed by atoms with Crippen LogP contribution in [0.2, 0.25) is 0 Å². The van der Waals surface area contributed by atoms with E-state index in [1.165, 1.54) is 5.56 Å². The zero-order valence-electron chi connectivity index (χ0n) is 17.0. The maximum Gasteiger partial charge on any atom is 0.573 e. The quantitative estimate of drug-likeness (QED) is 0.167. The summed E-state index contributed by atoms with van der Waals surface area (Å²) in [6.07, 6.45) is -0.286. The number of ether oxygens (including phenoxy) is 1. The van der Waals surface area contributed by atoms with Crippen molar-refractivity contribution in [1.29, 1.82) is 0 Å². The van der Waals surface area contributed by atoms with E-state index >= 15 is 0 Å². The lowest BCUT2D eigenvalue weighted by Crippen LogP contribution is -2.19. The lowest BCUT2D eigenvalue weighted by molar-refractivity contribution is -0.276. The predicted molar refractivity (Wildman–Crippen MR) is 114 cm³/mol. The number of hydrogen-bond acceptors (Lipinski definition) is 1. The largest absolute Gasteiger partial charge is 0.573 e. The lowest BCUT2D eigenvalue weighted by Gasteiger charge is -2.12. The van der Waals surface area contributed by atoms with Gasteiger partial charge in [0.1, 0.15) is 0 Å². The normalized spacial score (nSPS) is 10.9. The summed E-state index contributed by atoms with van der Waals surface area (Å²) in [5.41, 5.74) is 3.28.